The second-order valence-electron chi connectivity index (χ2n) is 3.85. The van der Waals surface area contributed by atoms with E-state index in [-0.39, 0.29) is 0 Å². The monoisotopic (exact) mass is 226 g/mol. The highest BCUT2D eigenvalue weighted by atomic mass is 16.5. The Hall–Kier alpha value is -1.14. The zero-order valence-electron chi connectivity index (χ0n) is 9.56. The van der Waals surface area contributed by atoms with Crippen molar-refractivity contribution in [1.29, 1.82) is 0 Å². The van der Waals surface area contributed by atoms with Gasteiger partial charge in [-0.1, -0.05) is 12.0 Å². The second kappa shape index (κ2) is 5.27. The van der Waals surface area contributed by atoms with Gasteiger partial charge in [0.2, 0.25) is 5.89 Å². The molecule has 1 atom stereocenters. The zero-order chi connectivity index (χ0) is 11.4. The zero-order valence-corrected chi connectivity index (χ0v) is 9.56. The maximum absolute atomic E-state index is 5.56. The van der Waals surface area contributed by atoms with Crippen LogP contribution in [0, 0.1) is 0 Å². The van der Waals surface area contributed by atoms with Crippen LogP contribution in [0.2, 0.25) is 0 Å². The maximum Gasteiger partial charge on any atom is 0.318 e. The van der Waals surface area contributed by atoms with Gasteiger partial charge in [-0.05, 0) is 6.42 Å². The number of hydrogen-bond acceptors (Lipinski definition) is 6. The van der Waals surface area contributed by atoms with Crippen molar-refractivity contribution in [2.24, 2.45) is 5.73 Å². The predicted molar refractivity (Wildman–Crippen MR) is 59.3 cm³/mol. The Morgan fingerprint density at radius 1 is 1.50 bits per heavy atom. The minimum atomic E-state index is 0.333. The van der Waals surface area contributed by atoms with Crippen LogP contribution in [0.1, 0.15) is 19.2 Å². The summed E-state index contributed by atoms with van der Waals surface area (Å²) in [6, 6.07) is 0.929. The number of aromatic nitrogens is 2. The molecule has 16 heavy (non-hydrogen) atoms. The van der Waals surface area contributed by atoms with E-state index in [1.54, 1.807) is 0 Å². The molecule has 6 nitrogen and oxygen atoms in total. The van der Waals surface area contributed by atoms with Gasteiger partial charge in [-0.3, -0.25) is 0 Å². The molecule has 0 radical (unpaired) electrons. The fourth-order valence-corrected chi connectivity index (χ4v) is 1.83. The van der Waals surface area contributed by atoms with Crippen molar-refractivity contribution in [2.75, 3.05) is 31.2 Å². The molecular formula is C10H18N4O2. The van der Waals surface area contributed by atoms with Crippen LogP contribution in [0.15, 0.2) is 4.42 Å². The summed E-state index contributed by atoms with van der Waals surface area (Å²) in [5.41, 5.74) is 5.44. The Bertz CT molecular complexity index is 328. The van der Waals surface area contributed by atoms with E-state index in [1.165, 1.54) is 0 Å². The van der Waals surface area contributed by atoms with E-state index < -0.39 is 0 Å². The molecule has 0 aliphatic carbocycles. The molecule has 1 aromatic rings. The van der Waals surface area contributed by atoms with Crippen molar-refractivity contribution in [2.45, 2.75) is 25.8 Å². The van der Waals surface area contributed by atoms with Crippen LogP contribution in [-0.4, -0.2) is 42.5 Å². The highest BCUT2D eigenvalue weighted by Gasteiger charge is 2.25. The topological polar surface area (TPSA) is 77.4 Å². The average Bonchev–Trinajstić information content (AvgIpc) is 2.78. The minimum absolute atomic E-state index is 0.333. The Kier molecular flexibility index (Phi) is 3.74. The van der Waals surface area contributed by atoms with Gasteiger partial charge in [0.1, 0.15) is 0 Å². The van der Waals surface area contributed by atoms with Crippen LogP contribution in [0.3, 0.4) is 0 Å². The molecule has 1 aromatic heterocycles. The van der Waals surface area contributed by atoms with Crippen LogP contribution in [0.25, 0.3) is 0 Å². The highest BCUT2D eigenvalue weighted by molar-refractivity contribution is 5.27. The number of rotatable bonds is 4. The molecule has 1 aliphatic heterocycles. The Labute approximate surface area is 94.8 Å². The number of anilines is 1. The number of morpholine rings is 1. The van der Waals surface area contributed by atoms with Crippen LogP contribution < -0.4 is 10.6 Å². The van der Waals surface area contributed by atoms with Crippen LogP contribution in [0.4, 0.5) is 6.01 Å². The highest BCUT2D eigenvalue weighted by Crippen LogP contribution is 2.19. The van der Waals surface area contributed by atoms with E-state index in [1.807, 2.05) is 0 Å². The lowest BCUT2D eigenvalue weighted by molar-refractivity contribution is 0.0899. The van der Waals surface area contributed by atoms with Crippen molar-refractivity contribution in [1.82, 2.24) is 10.2 Å². The Morgan fingerprint density at radius 3 is 3.12 bits per heavy atom. The lowest BCUT2D eigenvalue weighted by Gasteiger charge is -2.33. The van der Waals surface area contributed by atoms with Gasteiger partial charge in [-0.25, -0.2) is 0 Å². The van der Waals surface area contributed by atoms with E-state index in [4.69, 9.17) is 14.9 Å². The van der Waals surface area contributed by atoms with Gasteiger partial charge < -0.3 is 19.8 Å². The van der Waals surface area contributed by atoms with Gasteiger partial charge in [0.05, 0.1) is 19.3 Å². The number of ether oxygens (including phenoxy) is 1. The SMILES string of the molecule is CCC1COCCN1c1nnc(CCN)o1. The van der Waals surface area contributed by atoms with E-state index in [0.717, 1.165) is 19.6 Å². The molecule has 0 amide bonds. The molecule has 0 saturated carbocycles. The van der Waals surface area contributed by atoms with E-state index in [0.29, 0.717) is 37.5 Å². The molecule has 2 rings (SSSR count). The summed E-state index contributed by atoms with van der Waals surface area (Å²) < 4.78 is 11.0. The molecule has 0 bridgehead atoms. The quantitative estimate of drug-likeness (QED) is 0.789. The molecule has 6 heteroatoms. The minimum Gasteiger partial charge on any atom is -0.408 e. The van der Waals surface area contributed by atoms with E-state index in [9.17, 15) is 0 Å². The Morgan fingerprint density at radius 2 is 2.38 bits per heavy atom. The first-order valence-electron chi connectivity index (χ1n) is 5.72. The first-order chi connectivity index (χ1) is 7.85. The fourth-order valence-electron chi connectivity index (χ4n) is 1.83. The Balaban J connectivity index is 2.08. The van der Waals surface area contributed by atoms with Crippen molar-refractivity contribution in [3.05, 3.63) is 5.89 Å². The molecule has 90 valence electrons. The van der Waals surface area contributed by atoms with Crippen LogP contribution in [0.5, 0.6) is 0 Å². The van der Waals surface area contributed by atoms with E-state index in [2.05, 4.69) is 22.0 Å². The summed E-state index contributed by atoms with van der Waals surface area (Å²) in [6.45, 7) is 4.91. The summed E-state index contributed by atoms with van der Waals surface area (Å²) in [4.78, 5) is 2.12. The molecular weight excluding hydrogens is 208 g/mol. The number of nitrogens with zero attached hydrogens (tertiary/aromatic N) is 3. The molecule has 1 saturated heterocycles. The first-order valence-corrected chi connectivity index (χ1v) is 5.72. The normalized spacial score (nSPS) is 21.4. The summed E-state index contributed by atoms with van der Waals surface area (Å²) >= 11 is 0. The number of hydrogen-bond donors (Lipinski definition) is 1. The third-order valence-electron chi connectivity index (χ3n) is 2.76. The standard InChI is InChI=1S/C10H18N4O2/c1-2-8-7-15-6-5-14(8)10-13-12-9(16-10)3-4-11/h8H,2-7,11H2,1H3. The molecule has 1 aliphatic rings. The van der Waals surface area contributed by atoms with Crippen LogP contribution >= 0.6 is 0 Å². The van der Waals surface area contributed by atoms with Crippen molar-refractivity contribution in [3.63, 3.8) is 0 Å². The molecule has 1 unspecified atom stereocenters. The van der Waals surface area contributed by atoms with Gasteiger partial charge in [-0.15, -0.1) is 5.10 Å². The first kappa shape index (κ1) is 11.3. The smallest absolute Gasteiger partial charge is 0.318 e. The lowest BCUT2D eigenvalue weighted by atomic mass is 10.2. The molecule has 2 N–H and O–H groups in total. The summed E-state index contributed by atoms with van der Waals surface area (Å²) in [5, 5.41) is 8.03. The third-order valence-corrected chi connectivity index (χ3v) is 2.76. The van der Waals surface area contributed by atoms with Gasteiger partial charge >= 0.3 is 6.01 Å². The molecule has 2 heterocycles. The lowest BCUT2D eigenvalue weighted by Crippen LogP contribution is -2.45. The molecule has 0 spiro atoms. The molecule has 1 fully saturated rings. The van der Waals surface area contributed by atoms with Gasteiger partial charge in [0, 0.05) is 19.5 Å². The average molecular weight is 226 g/mol. The van der Waals surface area contributed by atoms with E-state index >= 15 is 0 Å². The van der Waals surface area contributed by atoms with Crippen molar-refractivity contribution < 1.29 is 9.15 Å². The second-order valence-corrected chi connectivity index (χ2v) is 3.85. The largest absolute Gasteiger partial charge is 0.408 e. The number of nitrogens with two attached hydrogens (primary N) is 1. The summed E-state index contributed by atoms with van der Waals surface area (Å²) in [7, 11) is 0. The van der Waals surface area contributed by atoms with Gasteiger partial charge in [0.15, 0.2) is 0 Å². The predicted octanol–water partition coefficient (Wildman–Crippen LogP) is 0.186. The van der Waals surface area contributed by atoms with Gasteiger partial charge in [0.25, 0.3) is 0 Å². The molecule has 0 aromatic carbocycles. The maximum atomic E-state index is 5.56. The summed E-state index contributed by atoms with van der Waals surface area (Å²) in [5.74, 6) is 0.610. The van der Waals surface area contributed by atoms with Gasteiger partial charge in [-0.2, -0.15) is 0 Å². The fraction of sp³-hybridized carbons (Fsp3) is 0.800. The van der Waals surface area contributed by atoms with Crippen LogP contribution in [-0.2, 0) is 11.2 Å². The summed E-state index contributed by atoms with van der Waals surface area (Å²) in [6.07, 6.45) is 1.64. The van der Waals surface area contributed by atoms with Crippen molar-refractivity contribution in [3.8, 4) is 0 Å². The third kappa shape index (κ3) is 2.33. The van der Waals surface area contributed by atoms with Crippen molar-refractivity contribution >= 4 is 6.01 Å².